The Bertz CT molecular complexity index is 498. The lowest BCUT2D eigenvalue weighted by Crippen LogP contribution is -2.37. The van der Waals surface area contributed by atoms with Crippen molar-refractivity contribution in [3.8, 4) is 0 Å². The Labute approximate surface area is 121 Å². The molecule has 1 aliphatic rings. The van der Waals surface area contributed by atoms with Crippen molar-refractivity contribution in [3.05, 3.63) is 22.4 Å². The average molecular weight is 328 g/mol. The number of rotatable bonds is 3. The van der Waals surface area contributed by atoms with Crippen LogP contribution in [0.15, 0.2) is 16.7 Å². The molecule has 2 heterocycles. The van der Waals surface area contributed by atoms with Gasteiger partial charge in [-0.05, 0) is 35.3 Å². The molecule has 0 bridgehead atoms. The highest BCUT2D eigenvalue weighted by molar-refractivity contribution is 9.10. The van der Waals surface area contributed by atoms with Crippen molar-refractivity contribution in [3.63, 3.8) is 0 Å². The number of carbonyl (C=O) groups excluding carboxylic acids is 2. The summed E-state index contributed by atoms with van der Waals surface area (Å²) in [5.74, 6) is -0.0145. The molecular weight excluding hydrogens is 310 g/mol. The summed E-state index contributed by atoms with van der Waals surface area (Å²) < 4.78 is 2.84. The van der Waals surface area contributed by atoms with Gasteiger partial charge in [0.25, 0.3) is 5.91 Å². The molecule has 1 fully saturated rings. The van der Waals surface area contributed by atoms with Crippen LogP contribution in [0.25, 0.3) is 0 Å². The summed E-state index contributed by atoms with van der Waals surface area (Å²) in [4.78, 5) is 25.3. The van der Waals surface area contributed by atoms with Gasteiger partial charge < -0.3 is 14.8 Å². The van der Waals surface area contributed by atoms with Gasteiger partial charge in [-0.25, -0.2) is 0 Å². The molecule has 0 radical (unpaired) electrons. The van der Waals surface area contributed by atoms with Gasteiger partial charge in [-0.1, -0.05) is 0 Å². The summed E-state index contributed by atoms with van der Waals surface area (Å²) in [7, 11) is 0. The summed E-state index contributed by atoms with van der Waals surface area (Å²) in [6.45, 7) is 5.55. The fraction of sp³-hybridized carbons (Fsp3) is 0.538. The van der Waals surface area contributed by atoms with Gasteiger partial charge in [-0.2, -0.15) is 0 Å². The largest absolute Gasteiger partial charge is 0.352 e. The van der Waals surface area contributed by atoms with Gasteiger partial charge in [-0.3, -0.25) is 9.59 Å². The molecule has 1 aromatic heterocycles. The van der Waals surface area contributed by atoms with Crippen molar-refractivity contribution >= 4 is 27.7 Å². The lowest BCUT2D eigenvalue weighted by molar-refractivity contribution is -0.119. The highest BCUT2D eigenvalue weighted by Gasteiger charge is 2.28. The second kappa shape index (κ2) is 5.77. The normalized spacial score (nSPS) is 18.7. The summed E-state index contributed by atoms with van der Waals surface area (Å²) in [5, 5.41) is 2.86. The van der Waals surface area contributed by atoms with Crippen LogP contribution in [0, 0.1) is 0 Å². The SMILES string of the molecule is CCn1cc(Br)cc1C(=O)N1CCC(NC(C)=O)C1. The molecule has 19 heavy (non-hydrogen) atoms. The van der Waals surface area contributed by atoms with E-state index in [0.29, 0.717) is 18.8 Å². The fourth-order valence-corrected chi connectivity index (χ4v) is 2.89. The van der Waals surface area contributed by atoms with Crippen molar-refractivity contribution in [1.82, 2.24) is 14.8 Å². The van der Waals surface area contributed by atoms with Gasteiger partial charge in [0.05, 0.1) is 0 Å². The third-order valence-corrected chi connectivity index (χ3v) is 3.74. The molecule has 1 N–H and O–H groups in total. The quantitative estimate of drug-likeness (QED) is 0.917. The number of nitrogens with one attached hydrogen (secondary N) is 1. The van der Waals surface area contributed by atoms with Crippen LogP contribution in [-0.2, 0) is 11.3 Å². The van der Waals surface area contributed by atoms with Gasteiger partial charge in [0, 0.05) is 43.3 Å². The minimum absolute atomic E-state index is 0.0282. The van der Waals surface area contributed by atoms with Crippen LogP contribution in [0.1, 0.15) is 30.8 Å². The van der Waals surface area contributed by atoms with Crippen LogP contribution < -0.4 is 5.32 Å². The molecule has 2 amide bonds. The number of carbonyl (C=O) groups is 2. The molecule has 5 nitrogen and oxygen atoms in total. The lowest BCUT2D eigenvalue weighted by atomic mass is 10.2. The third kappa shape index (κ3) is 3.18. The summed E-state index contributed by atoms with van der Waals surface area (Å²) in [6.07, 6.45) is 2.73. The number of amides is 2. The molecule has 1 unspecified atom stereocenters. The summed E-state index contributed by atoms with van der Waals surface area (Å²) in [5.41, 5.74) is 0.692. The van der Waals surface area contributed by atoms with E-state index in [-0.39, 0.29) is 17.9 Å². The molecule has 0 saturated carbocycles. The van der Waals surface area contributed by atoms with Crippen LogP contribution in [0.2, 0.25) is 0 Å². The fourth-order valence-electron chi connectivity index (χ4n) is 2.43. The van der Waals surface area contributed by atoms with Crippen LogP contribution >= 0.6 is 15.9 Å². The van der Waals surface area contributed by atoms with E-state index in [9.17, 15) is 9.59 Å². The zero-order chi connectivity index (χ0) is 14.0. The van der Waals surface area contributed by atoms with Gasteiger partial charge in [0.2, 0.25) is 5.91 Å². The summed E-state index contributed by atoms with van der Waals surface area (Å²) >= 11 is 3.40. The number of halogens is 1. The molecule has 0 aliphatic carbocycles. The van der Waals surface area contributed by atoms with E-state index in [2.05, 4.69) is 21.2 Å². The van der Waals surface area contributed by atoms with E-state index >= 15 is 0 Å². The molecule has 2 rings (SSSR count). The number of nitrogens with zero attached hydrogens (tertiary/aromatic N) is 2. The van der Waals surface area contributed by atoms with Crippen LogP contribution in [-0.4, -0.2) is 40.4 Å². The van der Waals surface area contributed by atoms with Crippen molar-refractivity contribution in [2.75, 3.05) is 13.1 Å². The van der Waals surface area contributed by atoms with Gasteiger partial charge in [0.1, 0.15) is 5.69 Å². The van der Waals surface area contributed by atoms with E-state index in [4.69, 9.17) is 0 Å². The number of hydrogen-bond donors (Lipinski definition) is 1. The van der Waals surface area contributed by atoms with Crippen LogP contribution in [0.4, 0.5) is 0 Å². The lowest BCUT2D eigenvalue weighted by Gasteiger charge is -2.17. The van der Waals surface area contributed by atoms with E-state index < -0.39 is 0 Å². The Morgan fingerprint density at radius 1 is 1.53 bits per heavy atom. The number of likely N-dealkylation sites (tertiary alicyclic amines) is 1. The second-order valence-corrected chi connectivity index (χ2v) is 5.68. The number of hydrogen-bond acceptors (Lipinski definition) is 2. The number of aromatic nitrogens is 1. The van der Waals surface area contributed by atoms with Crippen molar-refractivity contribution in [1.29, 1.82) is 0 Å². The van der Waals surface area contributed by atoms with Crippen LogP contribution in [0.5, 0.6) is 0 Å². The van der Waals surface area contributed by atoms with E-state index in [1.54, 1.807) is 4.90 Å². The highest BCUT2D eigenvalue weighted by Crippen LogP contribution is 2.19. The maximum absolute atomic E-state index is 12.4. The molecular formula is C13H18BrN3O2. The van der Waals surface area contributed by atoms with Crippen LogP contribution in [0.3, 0.4) is 0 Å². The Hall–Kier alpha value is -1.30. The van der Waals surface area contributed by atoms with Crippen molar-refractivity contribution in [2.45, 2.75) is 32.9 Å². The third-order valence-electron chi connectivity index (χ3n) is 3.31. The molecule has 6 heteroatoms. The maximum atomic E-state index is 12.4. The summed E-state index contributed by atoms with van der Waals surface area (Å²) in [6, 6.07) is 1.92. The second-order valence-electron chi connectivity index (χ2n) is 4.77. The zero-order valence-corrected chi connectivity index (χ0v) is 12.7. The Morgan fingerprint density at radius 2 is 2.26 bits per heavy atom. The molecule has 1 saturated heterocycles. The van der Waals surface area contributed by atoms with E-state index in [0.717, 1.165) is 17.4 Å². The smallest absolute Gasteiger partial charge is 0.270 e. The minimum Gasteiger partial charge on any atom is -0.352 e. The van der Waals surface area contributed by atoms with Gasteiger partial charge in [-0.15, -0.1) is 0 Å². The molecule has 1 atom stereocenters. The standard InChI is InChI=1S/C13H18BrN3O2/c1-3-16-7-10(14)6-12(16)13(19)17-5-4-11(8-17)15-9(2)18/h6-7,11H,3-5,8H2,1-2H3,(H,15,18). The average Bonchev–Trinajstić information content (AvgIpc) is 2.94. The van der Waals surface area contributed by atoms with Gasteiger partial charge >= 0.3 is 0 Å². The first-order chi connectivity index (χ1) is 9.01. The molecule has 104 valence electrons. The van der Waals surface area contributed by atoms with Gasteiger partial charge in [0.15, 0.2) is 0 Å². The highest BCUT2D eigenvalue weighted by atomic mass is 79.9. The Kier molecular flexibility index (Phi) is 4.29. The maximum Gasteiger partial charge on any atom is 0.270 e. The molecule has 1 aromatic rings. The monoisotopic (exact) mass is 327 g/mol. The number of aryl methyl sites for hydroxylation is 1. The van der Waals surface area contributed by atoms with E-state index in [1.807, 2.05) is 23.8 Å². The zero-order valence-electron chi connectivity index (χ0n) is 11.1. The molecule has 1 aliphatic heterocycles. The van der Waals surface area contributed by atoms with Crippen molar-refractivity contribution < 1.29 is 9.59 Å². The van der Waals surface area contributed by atoms with E-state index in [1.165, 1.54) is 6.92 Å². The van der Waals surface area contributed by atoms with Crippen molar-refractivity contribution in [2.24, 2.45) is 0 Å². The predicted molar refractivity (Wildman–Crippen MR) is 75.9 cm³/mol. The first kappa shape index (κ1) is 14.1. The molecule has 0 aromatic carbocycles. The first-order valence-corrected chi connectivity index (χ1v) is 7.22. The Balaban J connectivity index is 2.06. The molecule has 0 spiro atoms. The first-order valence-electron chi connectivity index (χ1n) is 6.43. The minimum atomic E-state index is -0.0426. The predicted octanol–water partition coefficient (Wildman–Crippen LogP) is 1.62. The Morgan fingerprint density at radius 3 is 2.89 bits per heavy atom. The topological polar surface area (TPSA) is 54.3 Å².